The third kappa shape index (κ3) is 5.39. The summed E-state index contributed by atoms with van der Waals surface area (Å²) in [5.41, 5.74) is 0. The van der Waals surface area contributed by atoms with Gasteiger partial charge in [-0.3, -0.25) is 0 Å². The summed E-state index contributed by atoms with van der Waals surface area (Å²) in [5, 5.41) is 3.62. The Balaban J connectivity index is 2.42. The molecule has 1 N–H and O–H groups in total. The normalized spacial score (nSPS) is 28.6. The average molecular weight is 241 g/mol. The quantitative estimate of drug-likeness (QED) is 0.735. The number of rotatable bonds is 7. The van der Waals surface area contributed by atoms with Crippen LogP contribution in [0, 0.1) is 11.8 Å². The minimum atomic E-state index is 0.444. The van der Waals surface area contributed by atoms with Crippen molar-refractivity contribution in [3.63, 3.8) is 0 Å². The van der Waals surface area contributed by atoms with Gasteiger partial charge in [0, 0.05) is 6.04 Å². The molecule has 0 aromatic heterocycles. The van der Waals surface area contributed by atoms with Gasteiger partial charge in [-0.2, -0.15) is 0 Å². The van der Waals surface area contributed by atoms with Crippen LogP contribution in [0.15, 0.2) is 0 Å². The van der Waals surface area contributed by atoms with Gasteiger partial charge < -0.3 is 10.1 Å². The summed E-state index contributed by atoms with van der Waals surface area (Å²) in [6, 6.07) is 0.554. The summed E-state index contributed by atoms with van der Waals surface area (Å²) in [5.74, 6) is 1.59. The molecule has 1 aliphatic rings. The minimum Gasteiger partial charge on any atom is -0.374 e. The van der Waals surface area contributed by atoms with Crippen LogP contribution in [0.4, 0.5) is 0 Å². The first kappa shape index (κ1) is 15.0. The van der Waals surface area contributed by atoms with E-state index in [0.717, 1.165) is 18.4 Å². The number of hydrogen-bond acceptors (Lipinski definition) is 2. The smallest absolute Gasteiger partial charge is 0.0732 e. The first-order valence-corrected chi connectivity index (χ1v) is 7.41. The third-order valence-electron chi connectivity index (χ3n) is 3.71. The van der Waals surface area contributed by atoms with Crippen LogP contribution in [-0.4, -0.2) is 24.8 Å². The zero-order chi connectivity index (χ0) is 12.8. The molecule has 1 aliphatic heterocycles. The molecule has 0 spiro atoms. The molecule has 2 nitrogen and oxygen atoms in total. The van der Waals surface area contributed by atoms with Crippen molar-refractivity contribution in [3.8, 4) is 0 Å². The number of ether oxygens (including phenoxy) is 1. The van der Waals surface area contributed by atoms with Crippen LogP contribution in [0.3, 0.4) is 0 Å². The fraction of sp³-hybridized carbons (Fsp3) is 1.00. The Morgan fingerprint density at radius 2 is 1.88 bits per heavy atom. The molecule has 1 fully saturated rings. The van der Waals surface area contributed by atoms with Gasteiger partial charge in [-0.05, 0) is 51.0 Å². The molecule has 17 heavy (non-hydrogen) atoms. The van der Waals surface area contributed by atoms with Crippen molar-refractivity contribution in [2.45, 2.75) is 78.6 Å². The molecule has 0 bridgehead atoms. The summed E-state index contributed by atoms with van der Waals surface area (Å²) in [4.78, 5) is 0. The van der Waals surface area contributed by atoms with Gasteiger partial charge in [-0.15, -0.1) is 0 Å². The molecule has 1 saturated heterocycles. The molecule has 4 unspecified atom stereocenters. The van der Waals surface area contributed by atoms with E-state index in [2.05, 4.69) is 39.9 Å². The Morgan fingerprint density at radius 3 is 2.35 bits per heavy atom. The largest absolute Gasteiger partial charge is 0.374 e. The van der Waals surface area contributed by atoms with Crippen LogP contribution < -0.4 is 5.32 Å². The Hall–Kier alpha value is -0.0800. The molecule has 102 valence electrons. The maximum Gasteiger partial charge on any atom is 0.0732 e. The Bertz CT molecular complexity index is 205. The lowest BCUT2D eigenvalue weighted by molar-refractivity contribution is 0.0264. The highest BCUT2D eigenvalue weighted by molar-refractivity contribution is 4.84. The standard InChI is InChI=1S/C15H31NO/c1-6-16-14(10-12(4)9-11(2)3)15-8-7-13(5)17-15/h11-16H,6-10H2,1-5H3. The molecule has 0 saturated carbocycles. The number of likely N-dealkylation sites (N-methyl/N-ethyl adjacent to an activating group) is 1. The van der Waals surface area contributed by atoms with Crippen molar-refractivity contribution >= 4 is 0 Å². The molecule has 2 heteroatoms. The summed E-state index contributed by atoms with van der Waals surface area (Å²) in [7, 11) is 0. The van der Waals surface area contributed by atoms with E-state index in [-0.39, 0.29) is 0 Å². The molecule has 0 aromatic rings. The molecular weight excluding hydrogens is 210 g/mol. The number of nitrogens with one attached hydrogen (secondary N) is 1. The predicted octanol–water partition coefficient (Wildman–Crippen LogP) is 3.60. The highest BCUT2D eigenvalue weighted by atomic mass is 16.5. The van der Waals surface area contributed by atoms with E-state index >= 15 is 0 Å². The van der Waals surface area contributed by atoms with E-state index in [1.165, 1.54) is 25.7 Å². The van der Waals surface area contributed by atoms with E-state index < -0.39 is 0 Å². The van der Waals surface area contributed by atoms with Crippen LogP contribution in [-0.2, 0) is 4.74 Å². The molecule has 4 atom stereocenters. The molecule has 0 radical (unpaired) electrons. The van der Waals surface area contributed by atoms with E-state index in [4.69, 9.17) is 4.74 Å². The first-order chi connectivity index (χ1) is 8.02. The van der Waals surface area contributed by atoms with Crippen LogP contribution >= 0.6 is 0 Å². The van der Waals surface area contributed by atoms with Crippen molar-refractivity contribution in [1.29, 1.82) is 0 Å². The fourth-order valence-electron chi connectivity index (χ4n) is 3.09. The highest BCUT2D eigenvalue weighted by Gasteiger charge is 2.29. The average Bonchev–Trinajstić information content (AvgIpc) is 2.63. The lowest BCUT2D eigenvalue weighted by Gasteiger charge is -2.27. The van der Waals surface area contributed by atoms with E-state index in [0.29, 0.717) is 18.2 Å². The van der Waals surface area contributed by atoms with Crippen LogP contribution in [0.5, 0.6) is 0 Å². The van der Waals surface area contributed by atoms with Crippen LogP contribution in [0.25, 0.3) is 0 Å². The van der Waals surface area contributed by atoms with Gasteiger partial charge in [0.05, 0.1) is 12.2 Å². The van der Waals surface area contributed by atoms with Gasteiger partial charge in [-0.1, -0.05) is 27.7 Å². The van der Waals surface area contributed by atoms with Crippen molar-refractivity contribution in [1.82, 2.24) is 5.32 Å². The summed E-state index contributed by atoms with van der Waals surface area (Å²) < 4.78 is 6.02. The topological polar surface area (TPSA) is 21.3 Å². The van der Waals surface area contributed by atoms with Crippen LogP contribution in [0.2, 0.25) is 0 Å². The Kier molecular flexibility index (Phi) is 6.50. The van der Waals surface area contributed by atoms with Gasteiger partial charge in [0.1, 0.15) is 0 Å². The summed E-state index contributed by atoms with van der Waals surface area (Å²) >= 11 is 0. The van der Waals surface area contributed by atoms with E-state index in [9.17, 15) is 0 Å². The van der Waals surface area contributed by atoms with Gasteiger partial charge in [0.25, 0.3) is 0 Å². The van der Waals surface area contributed by atoms with Gasteiger partial charge >= 0.3 is 0 Å². The SMILES string of the molecule is CCNC(CC(C)CC(C)C)C1CCC(C)O1. The molecule has 1 heterocycles. The summed E-state index contributed by atoms with van der Waals surface area (Å²) in [6.45, 7) is 12.4. The number of hydrogen-bond donors (Lipinski definition) is 1. The van der Waals surface area contributed by atoms with Crippen molar-refractivity contribution < 1.29 is 4.74 Å². The second-order valence-electron chi connectivity index (χ2n) is 6.20. The minimum absolute atomic E-state index is 0.444. The molecular formula is C15H31NO. The van der Waals surface area contributed by atoms with E-state index in [1.54, 1.807) is 0 Å². The predicted molar refractivity (Wildman–Crippen MR) is 74.3 cm³/mol. The maximum absolute atomic E-state index is 6.02. The van der Waals surface area contributed by atoms with E-state index in [1.807, 2.05) is 0 Å². The zero-order valence-electron chi connectivity index (χ0n) is 12.3. The lowest BCUT2D eigenvalue weighted by atomic mass is 9.90. The maximum atomic E-state index is 6.02. The zero-order valence-corrected chi connectivity index (χ0v) is 12.3. The molecule has 0 amide bonds. The van der Waals surface area contributed by atoms with Crippen molar-refractivity contribution in [2.75, 3.05) is 6.54 Å². The first-order valence-electron chi connectivity index (χ1n) is 7.41. The Morgan fingerprint density at radius 1 is 1.18 bits per heavy atom. The second kappa shape index (κ2) is 7.38. The van der Waals surface area contributed by atoms with Crippen LogP contribution in [0.1, 0.15) is 60.3 Å². The fourth-order valence-corrected chi connectivity index (χ4v) is 3.09. The van der Waals surface area contributed by atoms with Crippen molar-refractivity contribution in [2.24, 2.45) is 11.8 Å². The second-order valence-corrected chi connectivity index (χ2v) is 6.20. The highest BCUT2D eigenvalue weighted by Crippen LogP contribution is 2.26. The monoisotopic (exact) mass is 241 g/mol. The molecule has 0 aromatic carbocycles. The molecule has 0 aliphatic carbocycles. The van der Waals surface area contributed by atoms with Gasteiger partial charge in [0.15, 0.2) is 0 Å². The van der Waals surface area contributed by atoms with Crippen molar-refractivity contribution in [3.05, 3.63) is 0 Å². The Labute approximate surface area is 108 Å². The molecule has 1 rings (SSSR count). The summed E-state index contributed by atoms with van der Waals surface area (Å²) in [6.07, 6.45) is 5.94. The van der Waals surface area contributed by atoms with Gasteiger partial charge in [0.2, 0.25) is 0 Å². The lowest BCUT2D eigenvalue weighted by Crippen LogP contribution is -2.41. The third-order valence-corrected chi connectivity index (χ3v) is 3.71. The van der Waals surface area contributed by atoms with Gasteiger partial charge in [-0.25, -0.2) is 0 Å².